The molecule has 4 rings (SSSR count). The van der Waals surface area contributed by atoms with Crippen LogP contribution in [-0.4, -0.2) is 52.2 Å². The molecule has 3 aliphatic rings. The van der Waals surface area contributed by atoms with Crippen molar-refractivity contribution in [3.8, 4) is 11.5 Å². The van der Waals surface area contributed by atoms with Gasteiger partial charge in [0.1, 0.15) is 0 Å². The molecule has 2 N–H and O–H groups in total. The fourth-order valence-corrected chi connectivity index (χ4v) is 5.00. The van der Waals surface area contributed by atoms with E-state index in [1.165, 1.54) is 0 Å². The first-order valence-electron chi connectivity index (χ1n) is 8.32. The molecule has 0 radical (unpaired) electrons. The molecule has 1 aromatic rings. The maximum atomic E-state index is 12.5. The van der Waals surface area contributed by atoms with Crippen molar-refractivity contribution in [1.29, 1.82) is 0 Å². The molecule has 5 heteroatoms. The highest BCUT2D eigenvalue weighted by Gasteiger charge is 2.69. The van der Waals surface area contributed by atoms with Crippen LogP contribution >= 0.6 is 0 Å². The van der Waals surface area contributed by atoms with Gasteiger partial charge in [0.05, 0.1) is 11.0 Å². The Kier molecular flexibility index (Phi) is 2.92. The fourth-order valence-electron chi connectivity index (χ4n) is 5.00. The molecule has 2 aliphatic carbocycles. The summed E-state index contributed by atoms with van der Waals surface area (Å²) < 4.78 is 5.90. The maximum Gasteiger partial charge on any atom is 0.174 e. The number of Topliss-reactive ketones (excluding diaryl/α,β-unsaturated/α-hetero) is 1. The highest BCUT2D eigenvalue weighted by Crippen LogP contribution is 2.61. The molecular weight excluding hydrogens is 294 g/mol. The fraction of sp³-hybridized carbons (Fsp3) is 0.611. The van der Waals surface area contributed by atoms with Crippen LogP contribution in [-0.2, 0) is 16.6 Å². The molecule has 0 bridgehead atoms. The van der Waals surface area contributed by atoms with E-state index in [4.69, 9.17) is 4.74 Å². The average molecular weight is 317 g/mol. The lowest BCUT2D eigenvalue weighted by Gasteiger charge is -2.56. The van der Waals surface area contributed by atoms with E-state index in [0.717, 1.165) is 17.7 Å². The number of phenols is 1. The van der Waals surface area contributed by atoms with Crippen molar-refractivity contribution < 1.29 is 19.7 Å². The predicted molar refractivity (Wildman–Crippen MR) is 84.9 cm³/mol. The molecule has 1 saturated carbocycles. The first kappa shape index (κ1) is 15.0. The highest BCUT2D eigenvalue weighted by molar-refractivity contribution is 5.89. The Morgan fingerprint density at radius 3 is 2.87 bits per heavy atom. The van der Waals surface area contributed by atoms with Crippen LogP contribution < -0.4 is 4.74 Å². The molecule has 1 aromatic carbocycles. The van der Waals surface area contributed by atoms with E-state index in [-0.39, 0.29) is 17.6 Å². The highest BCUT2D eigenvalue weighted by atomic mass is 16.5. The maximum absolute atomic E-state index is 12.5. The van der Waals surface area contributed by atoms with Crippen molar-refractivity contribution in [1.82, 2.24) is 4.90 Å². The summed E-state index contributed by atoms with van der Waals surface area (Å²) in [5, 5.41) is 21.9. The predicted octanol–water partition coefficient (Wildman–Crippen LogP) is 1.38. The third-order valence-corrected chi connectivity index (χ3v) is 6.44. The third kappa shape index (κ3) is 1.57. The number of likely N-dealkylation sites (N-methyl/N-ethyl adjacent to an activating group) is 1. The van der Waals surface area contributed by atoms with Gasteiger partial charge >= 0.3 is 0 Å². The lowest BCUT2D eigenvalue weighted by atomic mass is 9.52. The van der Waals surface area contributed by atoms with Crippen LogP contribution in [0.2, 0.25) is 0 Å². The summed E-state index contributed by atoms with van der Waals surface area (Å²) in [6.45, 7) is 4.82. The summed E-state index contributed by atoms with van der Waals surface area (Å²) in [7, 11) is 2.01. The lowest BCUT2D eigenvalue weighted by molar-refractivity contribution is -0.164. The Labute approximate surface area is 135 Å². The van der Waals surface area contributed by atoms with Crippen molar-refractivity contribution in [2.75, 3.05) is 13.6 Å². The standard InChI is InChI=1S/C18H23NO4/c1-4-19(3)13-9-10-5-6-11(20)15-14(10)17(2)16(23-15)12(21)7-8-18(13,17)22/h5-6,13,16,20,22H,4,7-9H2,1-3H3/t13-,16?,17+,18?/m1/s1. The molecule has 0 aromatic heterocycles. The van der Waals surface area contributed by atoms with Gasteiger partial charge in [0, 0.05) is 18.0 Å². The van der Waals surface area contributed by atoms with Crippen molar-refractivity contribution >= 4 is 5.78 Å². The van der Waals surface area contributed by atoms with Gasteiger partial charge < -0.3 is 19.8 Å². The molecule has 23 heavy (non-hydrogen) atoms. The van der Waals surface area contributed by atoms with Crippen LogP contribution in [0.4, 0.5) is 0 Å². The molecule has 1 aliphatic heterocycles. The Bertz CT molecular complexity index is 703. The number of nitrogens with zero attached hydrogens (tertiary/aromatic N) is 1. The zero-order valence-corrected chi connectivity index (χ0v) is 13.8. The van der Waals surface area contributed by atoms with Gasteiger partial charge in [-0.2, -0.15) is 0 Å². The molecule has 0 spiro atoms. The Morgan fingerprint density at radius 2 is 2.17 bits per heavy atom. The molecule has 2 unspecified atom stereocenters. The first-order valence-corrected chi connectivity index (χ1v) is 8.32. The zero-order valence-electron chi connectivity index (χ0n) is 13.8. The van der Waals surface area contributed by atoms with Crippen LogP contribution in [0.25, 0.3) is 0 Å². The van der Waals surface area contributed by atoms with Gasteiger partial charge in [-0.05, 0) is 45.0 Å². The number of benzene rings is 1. The van der Waals surface area contributed by atoms with Crippen LogP contribution in [0.15, 0.2) is 12.1 Å². The normalized spacial score (nSPS) is 37.7. The molecule has 5 nitrogen and oxygen atoms in total. The third-order valence-electron chi connectivity index (χ3n) is 6.44. The quantitative estimate of drug-likeness (QED) is 0.862. The van der Waals surface area contributed by atoms with Crippen LogP contribution in [0, 0.1) is 0 Å². The number of carbonyl (C=O) groups excluding carboxylic acids is 1. The van der Waals surface area contributed by atoms with Crippen molar-refractivity contribution in [3.63, 3.8) is 0 Å². The largest absolute Gasteiger partial charge is 0.504 e. The summed E-state index contributed by atoms with van der Waals surface area (Å²) in [5.41, 5.74) is 0.0479. The van der Waals surface area contributed by atoms with E-state index < -0.39 is 17.1 Å². The Morgan fingerprint density at radius 1 is 1.43 bits per heavy atom. The van der Waals surface area contributed by atoms with Crippen molar-refractivity contribution in [2.45, 2.75) is 56.3 Å². The zero-order chi connectivity index (χ0) is 16.6. The van der Waals surface area contributed by atoms with Crippen molar-refractivity contribution in [2.24, 2.45) is 0 Å². The minimum atomic E-state index is -1.04. The second-order valence-corrected chi connectivity index (χ2v) is 7.33. The smallest absolute Gasteiger partial charge is 0.174 e. The Balaban J connectivity index is 2.00. The number of phenolic OH excluding ortho intramolecular Hbond substituents is 1. The number of ketones is 1. The summed E-state index contributed by atoms with van der Waals surface area (Å²) in [5.74, 6) is 0.455. The van der Waals surface area contributed by atoms with Crippen LogP contribution in [0.5, 0.6) is 11.5 Å². The van der Waals surface area contributed by atoms with Crippen LogP contribution in [0.1, 0.15) is 37.8 Å². The second kappa shape index (κ2) is 4.48. The first-order chi connectivity index (χ1) is 10.8. The molecule has 0 amide bonds. The SMILES string of the molecule is CCN(C)[C@@H]1Cc2ccc(O)c3c2[C@@]2(C)C(O3)C(=O)CCC12O. The van der Waals surface area contributed by atoms with Gasteiger partial charge in [-0.25, -0.2) is 0 Å². The van der Waals surface area contributed by atoms with Gasteiger partial charge in [0.2, 0.25) is 0 Å². The summed E-state index contributed by atoms with van der Waals surface area (Å²) in [6, 6.07) is 3.47. The Hall–Kier alpha value is -1.59. The van der Waals surface area contributed by atoms with Gasteiger partial charge in [0.15, 0.2) is 23.4 Å². The monoisotopic (exact) mass is 317 g/mol. The van der Waals surface area contributed by atoms with E-state index in [9.17, 15) is 15.0 Å². The van der Waals surface area contributed by atoms with E-state index in [2.05, 4.69) is 11.8 Å². The van der Waals surface area contributed by atoms with Crippen molar-refractivity contribution in [3.05, 3.63) is 23.3 Å². The molecule has 1 heterocycles. The minimum absolute atomic E-state index is 0.0125. The van der Waals surface area contributed by atoms with E-state index in [1.54, 1.807) is 6.07 Å². The number of aromatic hydroxyl groups is 1. The number of ether oxygens (including phenoxy) is 1. The van der Waals surface area contributed by atoms with E-state index >= 15 is 0 Å². The number of hydrogen-bond donors (Lipinski definition) is 2. The van der Waals surface area contributed by atoms with E-state index in [0.29, 0.717) is 25.0 Å². The van der Waals surface area contributed by atoms with Gasteiger partial charge in [0.25, 0.3) is 0 Å². The summed E-state index contributed by atoms with van der Waals surface area (Å²) in [6.07, 6.45) is 0.737. The molecule has 124 valence electrons. The number of rotatable bonds is 2. The van der Waals surface area contributed by atoms with Gasteiger partial charge in [-0.15, -0.1) is 0 Å². The molecule has 4 atom stereocenters. The average Bonchev–Trinajstić information content (AvgIpc) is 2.87. The lowest BCUT2D eigenvalue weighted by Crippen LogP contribution is -2.71. The summed E-state index contributed by atoms with van der Waals surface area (Å²) >= 11 is 0. The second-order valence-electron chi connectivity index (χ2n) is 7.33. The van der Waals surface area contributed by atoms with Gasteiger partial charge in [-0.1, -0.05) is 13.0 Å². The topological polar surface area (TPSA) is 70.0 Å². The molecule has 1 fully saturated rings. The number of aliphatic hydroxyl groups is 1. The summed E-state index contributed by atoms with van der Waals surface area (Å²) in [4.78, 5) is 14.7. The molecular formula is C18H23NO4. The van der Waals surface area contributed by atoms with Gasteiger partial charge in [-0.3, -0.25) is 4.79 Å². The number of carbonyl (C=O) groups is 1. The number of hydrogen-bond acceptors (Lipinski definition) is 5. The van der Waals surface area contributed by atoms with Crippen LogP contribution in [0.3, 0.4) is 0 Å². The van der Waals surface area contributed by atoms with E-state index in [1.807, 2.05) is 20.0 Å². The molecule has 0 saturated heterocycles. The minimum Gasteiger partial charge on any atom is -0.504 e.